The molecule has 2 atom stereocenters. The van der Waals surface area contributed by atoms with Crippen LogP contribution < -0.4 is 0 Å². The molecule has 84 valence electrons. The normalized spacial score (nSPS) is 29.8. The van der Waals surface area contributed by atoms with E-state index in [1.165, 1.54) is 13.1 Å². The fourth-order valence-corrected chi connectivity index (χ4v) is 2.72. The zero-order valence-electron chi connectivity index (χ0n) is 10.7. The van der Waals surface area contributed by atoms with E-state index in [9.17, 15) is 0 Å². The molecule has 1 aliphatic heterocycles. The van der Waals surface area contributed by atoms with E-state index in [0.29, 0.717) is 0 Å². The van der Waals surface area contributed by atoms with Gasteiger partial charge in [-0.15, -0.1) is 0 Å². The molecule has 0 aliphatic carbocycles. The second kappa shape index (κ2) is 4.65. The third-order valence-corrected chi connectivity index (χ3v) is 3.88. The van der Waals surface area contributed by atoms with Crippen LogP contribution in [0.4, 0.5) is 0 Å². The summed E-state index contributed by atoms with van der Waals surface area (Å²) in [6.45, 7) is 16.8. The Morgan fingerprint density at radius 3 is 1.36 bits per heavy atom. The molecule has 14 heavy (non-hydrogen) atoms. The van der Waals surface area contributed by atoms with E-state index in [1.54, 1.807) is 0 Å². The molecular weight excluding hydrogens is 170 g/mol. The predicted molar refractivity (Wildman–Crippen MR) is 63.4 cm³/mol. The molecule has 1 heteroatoms. The van der Waals surface area contributed by atoms with Crippen molar-refractivity contribution in [3.8, 4) is 0 Å². The average Bonchev–Trinajstić information content (AvgIpc) is 2.47. The van der Waals surface area contributed by atoms with E-state index >= 15 is 0 Å². The fraction of sp³-hybridized carbons (Fsp3) is 1.00. The van der Waals surface area contributed by atoms with Gasteiger partial charge in [-0.3, -0.25) is 0 Å². The lowest BCUT2D eigenvalue weighted by atomic mass is 9.80. The van der Waals surface area contributed by atoms with Gasteiger partial charge in [-0.05, 0) is 37.5 Å². The van der Waals surface area contributed by atoms with Gasteiger partial charge < -0.3 is 4.90 Å². The highest BCUT2D eigenvalue weighted by molar-refractivity contribution is 4.88. The van der Waals surface area contributed by atoms with Gasteiger partial charge >= 0.3 is 0 Å². The zero-order chi connectivity index (χ0) is 10.9. The maximum absolute atomic E-state index is 2.65. The van der Waals surface area contributed by atoms with Crippen molar-refractivity contribution in [1.29, 1.82) is 0 Å². The molecule has 1 aliphatic rings. The van der Waals surface area contributed by atoms with Crippen LogP contribution in [0.3, 0.4) is 0 Å². The van der Waals surface area contributed by atoms with Gasteiger partial charge in [0.15, 0.2) is 0 Å². The lowest BCUT2D eigenvalue weighted by Gasteiger charge is -2.24. The third-order valence-electron chi connectivity index (χ3n) is 3.88. The van der Waals surface area contributed by atoms with Gasteiger partial charge in [0, 0.05) is 19.1 Å². The largest absolute Gasteiger partial charge is 0.300 e. The van der Waals surface area contributed by atoms with Crippen molar-refractivity contribution in [3.05, 3.63) is 0 Å². The van der Waals surface area contributed by atoms with Gasteiger partial charge in [0.1, 0.15) is 0 Å². The first-order valence-corrected chi connectivity index (χ1v) is 6.17. The van der Waals surface area contributed by atoms with Crippen LogP contribution in [0.15, 0.2) is 0 Å². The van der Waals surface area contributed by atoms with Crippen molar-refractivity contribution in [2.24, 2.45) is 23.7 Å². The van der Waals surface area contributed by atoms with Gasteiger partial charge in [-0.2, -0.15) is 0 Å². The molecule has 1 rings (SSSR count). The van der Waals surface area contributed by atoms with Gasteiger partial charge in [-0.1, -0.05) is 27.7 Å². The molecule has 1 fully saturated rings. The smallest absolute Gasteiger partial charge is 0.00388 e. The first kappa shape index (κ1) is 12.0. The molecule has 0 unspecified atom stereocenters. The Balaban J connectivity index is 2.65. The van der Waals surface area contributed by atoms with Gasteiger partial charge in [0.05, 0.1) is 0 Å². The molecule has 0 N–H and O–H groups in total. The average molecular weight is 197 g/mol. The van der Waals surface area contributed by atoms with E-state index in [0.717, 1.165) is 29.7 Å². The second-order valence-electron chi connectivity index (χ2n) is 5.86. The first-order chi connectivity index (χ1) is 6.43. The summed E-state index contributed by atoms with van der Waals surface area (Å²) < 4.78 is 0. The molecule has 0 amide bonds. The molecule has 0 bridgehead atoms. The number of hydrogen-bond acceptors (Lipinski definition) is 1. The van der Waals surface area contributed by atoms with Gasteiger partial charge in [-0.25, -0.2) is 0 Å². The standard InChI is InChI=1S/C13H27N/c1-9(2)12-7-14(11(5)6)8-13(12)10(3)4/h9-13H,7-8H2,1-6H3/t12-,13+. The maximum atomic E-state index is 2.65. The summed E-state index contributed by atoms with van der Waals surface area (Å²) >= 11 is 0. The molecule has 0 aromatic rings. The Kier molecular flexibility index (Phi) is 4.00. The van der Waals surface area contributed by atoms with E-state index in [-0.39, 0.29) is 0 Å². The van der Waals surface area contributed by atoms with Crippen molar-refractivity contribution in [2.45, 2.75) is 47.6 Å². The lowest BCUT2D eigenvalue weighted by molar-refractivity contribution is 0.253. The summed E-state index contributed by atoms with van der Waals surface area (Å²) in [5.74, 6) is 3.51. The van der Waals surface area contributed by atoms with Crippen LogP contribution in [-0.2, 0) is 0 Å². The lowest BCUT2D eigenvalue weighted by Crippen LogP contribution is -2.29. The van der Waals surface area contributed by atoms with Crippen molar-refractivity contribution in [1.82, 2.24) is 4.90 Å². The number of nitrogens with zero attached hydrogens (tertiary/aromatic N) is 1. The number of hydrogen-bond donors (Lipinski definition) is 0. The van der Waals surface area contributed by atoms with E-state index in [1.807, 2.05) is 0 Å². The zero-order valence-corrected chi connectivity index (χ0v) is 10.7. The molecule has 0 radical (unpaired) electrons. The third kappa shape index (κ3) is 2.50. The van der Waals surface area contributed by atoms with Gasteiger partial charge in [0.2, 0.25) is 0 Å². The minimum Gasteiger partial charge on any atom is -0.300 e. The van der Waals surface area contributed by atoms with Crippen molar-refractivity contribution >= 4 is 0 Å². The molecule has 0 saturated carbocycles. The predicted octanol–water partition coefficient (Wildman–Crippen LogP) is 3.25. The molecule has 1 heterocycles. The highest BCUT2D eigenvalue weighted by Gasteiger charge is 2.36. The topological polar surface area (TPSA) is 3.24 Å². The molecule has 0 aromatic heterocycles. The second-order valence-corrected chi connectivity index (χ2v) is 5.86. The minimum absolute atomic E-state index is 0.722. The summed E-state index contributed by atoms with van der Waals surface area (Å²) in [6, 6.07) is 0.722. The van der Waals surface area contributed by atoms with Crippen molar-refractivity contribution in [3.63, 3.8) is 0 Å². The molecule has 1 nitrogen and oxygen atoms in total. The van der Waals surface area contributed by atoms with Crippen LogP contribution in [0.5, 0.6) is 0 Å². The Morgan fingerprint density at radius 2 is 1.14 bits per heavy atom. The van der Waals surface area contributed by atoms with E-state index in [2.05, 4.69) is 46.4 Å². The summed E-state index contributed by atoms with van der Waals surface area (Å²) in [7, 11) is 0. The molecule has 0 spiro atoms. The SMILES string of the molecule is CC(C)[C@H]1CN(C(C)C)C[C@H]1C(C)C. The number of likely N-dealkylation sites (tertiary alicyclic amines) is 1. The Hall–Kier alpha value is -0.0400. The minimum atomic E-state index is 0.722. The Morgan fingerprint density at radius 1 is 0.786 bits per heavy atom. The van der Waals surface area contributed by atoms with Crippen LogP contribution in [0.25, 0.3) is 0 Å². The van der Waals surface area contributed by atoms with Crippen LogP contribution in [0.1, 0.15) is 41.5 Å². The highest BCUT2D eigenvalue weighted by Crippen LogP contribution is 2.35. The summed E-state index contributed by atoms with van der Waals surface area (Å²) in [6.07, 6.45) is 0. The number of rotatable bonds is 3. The molecule has 1 saturated heterocycles. The quantitative estimate of drug-likeness (QED) is 0.671. The monoisotopic (exact) mass is 197 g/mol. The van der Waals surface area contributed by atoms with Crippen LogP contribution in [0, 0.1) is 23.7 Å². The fourth-order valence-electron chi connectivity index (χ4n) is 2.72. The Labute approximate surface area is 89.9 Å². The van der Waals surface area contributed by atoms with Crippen LogP contribution >= 0.6 is 0 Å². The summed E-state index contributed by atoms with van der Waals surface area (Å²) in [4.78, 5) is 2.65. The van der Waals surface area contributed by atoms with Crippen LogP contribution in [0.2, 0.25) is 0 Å². The summed E-state index contributed by atoms with van der Waals surface area (Å²) in [5.41, 5.74) is 0. The van der Waals surface area contributed by atoms with Crippen molar-refractivity contribution in [2.75, 3.05) is 13.1 Å². The molecular formula is C13H27N. The maximum Gasteiger partial charge on any atom is 0.00388 e. The Bertz CT molecular complexity index is 156. The first-order valence-electron chi connectivity index (χ1n) is 6.17. The van der Waals surface area contributed by atoms with Crippen LogP contribution in [-0.4, -0.2) is 24.0 Å². The van der Waals surface area contributed by atoms with Crippen molar-refractivity contribution < 1.29 is 0 Å². The highest BCUT2D eigenvalue weighted by atomic mass is 15.2. The molecule has 0 aromatic carbocycles. The summed E-state index contributed by atoms with van der Waals surface area (Å²) in [5, 5.41) is 0. The van der Waals surface area contributed by atoms with E-state index < -0.39 is 0 Å². The van der Waals surface area contributed by atoms with Gasteiger partial charge in [0.25, 0.3) is 0 Å². The van der Waals surface area contributed by atoms with E-state index in [4.69, 9.17) is 0 Å².